The quantitative estimate of drug-likeness (QED) is 0.432. The van der Waals surface area contributed by atoms with Crippen LogP contribution in [0.15, 0.2) is 54.6 Å². The Morgan fingerprint density at radius 1 is 0.967 bits per heavy atom. The topological polar surface area (TPSA) is 70.6 Å². The van der Waals surface area contributed by atoms with Gasteiger partial charge in [0.05, 0.1) is 21.8 Å². The molecule has 0 radical (unpaired) electrons. The lowest BCUT2D eigenvalue weighted by atomic mass is 10.0. The summed E-state index contributed by atoms with van der Waals surface area (Å²) in [7, 11) is 0. The molecular weight excluding hydrogens is 447 g/mol. The van der Waals surface area contributed by atoms with E-state index in [1.54, 1.807) is 30.3 Å². The molecule has 0 unspecified atom stereocenters. The van der Waals surface area contributed by atoms with Crippen molar-refractivity contribution in [2.75, 3.05) is 13.1 Å². The molecule has 0 saturated carbocycles. The molecule has 8 heteroatoms. The number of hydrogen-bond donors (Lipinski definition) is 3. The van der Waals surface area contributed by atoms with E-state index in [1.165, 1.54) is 24.3 Å². The Balaban J connectivity index is 1.63. The number of phenols is 1. The summed E-state index contributed by atoms with van der Waals surface area (Å²) in [5.41, 5.74) is 1.34. The predicted molar refractivity (Wildman–Crippen MR) is 118 cm³/mol. The van der Waals surface area contributed by atoms with Gasteiger partial charge in [0.25, 0.3) is 0 Å². The van der Waals surface area contributed by atoms with E-state index >= 15 is 0 Å². The maximum atomic E-state index is 12.8. The van der Waals surface area contributed by atoms with Gasteiger partial charge >= 0.3 is 0 Å². The highest BCUT2D eigenvalue weighted by Gasteiger charge is 2.20. The number of phenolic OH excluding ortho intramolecular Hbond substituents is 1. The van der Waals surface area contributed by atoms with Crippen molar-refractivity contribution in [2.45, 2.75) is 6.17 Å². The van der Waals surface area contributed by atoms with Crippen molar-refractivity contribution in [1.82, 2.24) is 10.6 Å². The number of nitrogens with one attached hydrogen (secondary N) is 2. The number of rotatable bonds is 5. The number of carbonyl (C=O) groups is 1. The van der Waals surface area contributed by atoms with Crippen molar-refractivity contribution in [3.05, 3.63) is 86.4 Å². The number of aromatic hydroxyl groups is 1. The number of ketones is 1. The molecule has 1 aliphatic rings. The molecule has 3 N–H and O–H groups in total. The number of benzene rings is 3. The maximum absolute atomic E-state index is 12.8. The zero-order valence-corrected chi connectivity index (χ0v) is 17.9. The second-order valence-electron chi connectivity index (χ2n) is 6.78. The zero-order valence-electron chi connectivity index (χ0n) is 15.6. The van der Waals surface area contributed by atoms with Crippen LogP contribution in [-0.2, 0) is 0 Å². The predicted octanol–water partition coefficient (Wildman–Crippen LogP) is 5.57. The van der Waals surface area contributed by atoms with Crippen LogP contribution < -0.4 is 15.4 Å². The third kappa shape index (κ3) is 4.41. The number of hydrogen-bond acceptors (Lipinski definition) is 5. The summed E-state index contributed by atoms with van der Waals surface area (Å²) in [5.74, 6) is 0.0309. The van der Waals surface area contributed by atoms with Crippen LogP contribution in [0.2, 0.25) is 15.1 Å². The summed E-state index contributed by atoms with van der Waals surface area (Å²) in [6, 6.07) is 14.4. The van der Waals surface area contributed by atoms with Gasteiger partial charge in [-0.25, -0.2) is 0 Å². The SMILES string of the molecule is O=C(c1cccc(Cl)c1)c1cc(Oc2c(Cl)cc(C3NCCN3)cc2Cl)ccc1O. The minimum atomic E-state index is -0.383. The first-order chi connectivity index (χ1) is 14.4. The van der Waals surface area contributed by atoms with Gasteiger partial charge in [-0.05, 0) is 48.0 Å². The summed E-state index contributed by atoms with van der Waals surface area (Å²) in [6.07, 6.45) is -0.0235. The van der Waals surface area contributed by atoms with Gasteiger partial charge in [0.15, 0.2) is 11.5 Å². The standard InChI is InChI=1S/C22H17Cl3N2O3/c23-14-3-1-2-12(8-14)20(29)16-11-15(4-5-19(16)28)30-21-17(24)9-13(10-18(21)25)22-26-6-7-27-22/h1-5,8-11,22,26-28H,6-7H2. The van der Waals surface area contributed by atoms with Crippen LogP contribution in [0.25, 0.3) is 0 Å². The number of carbonyl (C=O) groups excluding carboxylic acids is 1. The Bertz CT molecular complexity index is 1090. The first-order valence-corrected chi connectivity index (χ1v) is 10.3. The van der Waals surface area contributed by atoms with E-state index in [4.69, 9.17) is 39.5 Å². The van der Waals surface area contributed by atoms with E-state index in [0.29, 0.717) is 26.4 Å². The second-order valence-corrected chi connectivity index (χ2v) is 8.03. The fourth-order valence-corrected chi connectivity index (χ4v) is 4.02. The minimum absolute atomic E-state index is 0.0235. The first kappa shape index (κ1) is 21.0. The molecule has 0 aromatic heterocycles. The molecule has 0 atom stereocenters. The van der Waals surface area contributed by atoms with Gasteiger partial charge in [0.2, 0.25) is 0 Å². The van der Waals surface area contributed by atoms with Crippen LogP contribution in [-0.4, -0.2) is 24.0 Å². The highest BCUT2D eigenvalue weighted by molar-refractivity contribution is 6.37. The van der Waals surface area contributed by atoms with E-state index < -0.39 is 0 Å². The van der Waals surface area contributed by atoms with Gasteiger partial charge < -0.3 is 9.84 Å². The molecule has 3 aromatic carbocycles. The normalized spacial score (nSPS) is 14.1. The lowest BCUT2D eigenvalue weighted by molar-refractivity contribution is 0.103. The summed E-state index contributed by atoms with van der Waals surface area (Å²) in [5, 5.41) is 17.9. The zero-order chi connectivity index (χ0) is 21.3. The summed E-state index contributed by atoms with van der Waals surface area (Å²) >= 11 is 18.8. The molecule has 1 saturated heterocycles. The monoisotopic (exact) mass is 462 g/mol. The molecule has 154 valence electrons. The van der Waals surface area contributed by atoms with Crippen molar-refractivity contribution in [3.63, 3.8) is 0 Å². The molecule has 4 rings (SSSR count). The Morgan fingerprint density at radius 3 is 2.33 bits per heavy atom. The number of ether oxygens (including phenoxy) is 1. The lowest BCUT2D eigenvalue weighted by Crippen LogP contribution is -2.21. The minimum Gasteiger partial charge on any atom is -0.507 e. The van der Waals surface area contributed by atoms with Crippen LogP contribution in [0, 0.1) is 0 Å². The Hall–Kier alpha value is -2.28. The van der Waals surface area contributed by atoms with Crippen molar-refractivity contribution in [3.8, 4) is 17.2 Å². The Labute approximate surface area is 188 Å². The molecule has 30 heavy (non-hydrogen) atoms. The lowest BCUT2D eigenvalue weighted by Gasteiger charge is -2.16. The van der Waals surface area contributed by atoms with E-state index in [-0.39, 0.29) is 29.0 Å². The van der Waals surface area contributed by atoms with Gasteiger partial charge in [-0.2, -0.15) is 0 Å². The number of halogens is 3. The maximum Gasteiger partial charge on any atom is 0.196 e. The van der Waals surface area contributed by atoms with Crippen LogP contribution in [0.3, 0.4) is 0 Å². The Morgan fingerprint density at radius 2 is 1.67 bits per heavy atom. The molecule has 1 heterocycles. The third-order valence-electron chi connectivity index (χ3n) is 4.70. The average molecular weight is 464 g/mol. The highest BCUT2D eigenvalue weighted by atomic mass is 35.5. The molecule has 0 bridgehead atoms. The smallest absolute Gasteiger partial charge is 0.196 e. The molecule has 5 nitrogen and oxygen atoms in total. The van der Waals surface area contributed by atoms with Crippen LogP contribution >= 0.6 is 34.8 Å². The van der Waals surface area contributed by atoms with Crippen molar-refractivity contribution < 1.29 is 14.6 Å². The van der Waals surface area contributed by atoms with Gasteiger partial charge in [-0.3, -0.25) is 15.4 Å². The van der Waals surface area contributed by atoms with Crippen LogP contribution in [0.4, 0.5) is 0 Å². The Kier molecular flexibility index (Phi) is 6.18. The van der Waals surface area contributed by atoms with Crippen molar-refractivity contribution in [2.24, 2.45) is 0 Å². The molecule has 0 amide bonds. The fraction of sp³-hybridized carbons (Fsp3) is 0.136. The molecule has 0 aliphatic carbocycles. The second kappa shape index (κ2) is 8.84. The first-order valence-electron chi connectivity index (χ1n) is 9.19. The van der Waals surface area contributed by atoms with Gasteiger partial charge in [-0.1, -0.05) is 46.9 Å². The van der Waals surface area contributed by atoms with E-state index in [1.807, 2.05) is 0 Å². The van der Waals surface area contributed by atoms with Gasteiger partial charge in [0.1, 0.15) is 11.5 Å². The van der Waals surface area contributed by atoms with E-state index in [9.17, 15) is 9.90 Å². The van der Waals surface area contributed by atoms with E-state index in [0.717, 1.165) is 18.7 Å². The van der Waals surface area contributed by atoms with Gasteiger partial charge in [0, 0.05) is 23.7 Å². The molecule has 1 fully saturated rings. The molecule has 3 aromatic rings. The average Bonchev–Trinajstić information content (AvgIpc) is 3.26. The molecule has 1 aliphatic heterocycles. The third-order valence-corrected chi connectivity index (χ3v) is 5.49. The van der Waals surface area contributed by atoms with Crippen molar-refractivity contribution >= 4 is 40.6 Å². The van der Waals surface area contributed by atoms with Gasteiger partial charge in [-0.15, -0.1) is 0 Å². The van der Waals surface area contributed by atoms with Crippen LogP contribution in [0.5, 0.6) is 17.2 Å². The molecular formula is C22H17Cl3N2O3. The summed E-state index contributed by atoms with van der Waals surface area (Å²) in [6.45, 7) is 1.71. The fourth-order valence-electron chi connectivity index (χ4n) is 3.25. The summed E-state index contributed by atoms with van der Waals surface area (Å²) < 4.78 is 5.87. The largest absolute Gasteiger partial charge is 0.507 e. The van der Waals surface area contributed by atoms with E-state index in [2.05, 4.69) is 10.6 Å². The highest BCUT2D eigenvalue weighted by Crippen LogP contribution is 2.39. The van der Waals surface area contributed by atoms with Crippen molar-refractivity contribution in [1.29, 1.82) is 0 Å². The van der Waals surface area contributed by atoms with Crippen LogP contribution in [0.1, 0.15) is 27.7 Å². The summed E-state index contributed by atoms with van der Waals surface area (Å²) in [4.78, 5) is 12.8. The molecule has 0 spiro atoms.